The fourth-order valence-electron chi connectivity index (χ4n) is 1.42. The second-order valence-electron chi connectivity index (χ2n) is 3.47. The van der Waals surface area contributed by atoms with Crippen molar-refractivity contribution in [2.24, 2.45) is 0 Å². The van der Waals surface area contributed by atoms with E-state index in [4.69, 9.17) is 0 Å². The van der Waals surface area contributed by atoms with E-state index in [-0.39, 0.29) is 12.3 Å². The molecule has 1 atom stereocenters. The van der Waals surface area contributed by atoms with E-state index in [9.17, 15) is 13.5 Å². The van der Waals surface area contributed by atoms with Crippen molar-refractivity contribution in [3.05, 3.63) is 0 Å². The summed E-state index contributed by atoms with van der Waals surface area (Å²) in [5.41, 5.74) is 0. The van der Waals surface area contributed by atoms with Gasteiger partial charge in [-0.2, -0.15) is 4.31 Å². The second-order valence-corrected chi connectivity index (χ2v) is 5.56. The first-order chi connectivity index (χ1) is 6.06. The molecule has 0 saturated carbocycles. The summed E-state index contributed by atoms with van der Waals surface area (Å²) < 4.78 is 24.5. The lowest BCUT2D eigenvalue weighted by molar-refractivity contribution is 0.189. The third-order valence-corrected chi connectivity index (χ3v) is 4.20. The molecular weight excluding hydrogens is 190 g/mol. The summed E-state index contributed by atoms with van der Waals surface area (Å²) in [6.07, 6.45) is 1.70. The molecule has 1 heterocycles. The number of hydrogen-bond donors (Lipinski definition) is 1. The lowest BCUT2D eigenvalue weighted by atomic mass is 10.3. The molecule has 0 spiro atoms. The van der Waals surface area contributed by atoms with E-state index < -0.39 is 16.1 Å². The fraction of sp³-hybridized carbons (Fsp3) is 1.00. The first-order valence-corrected chi connectivity index (χ1v) is 6.33. The van der Waals surface area contributed by atoms with Gasteiger partial charge in [-0.3, -0.25) is 0 Å². The van der Waals surface area contributed by atoms with E-state index in [1.165, 1.54) is 4.31 Å². The van der Waals surface area contributed by atoms with Crippen LogP contribution >= 0.6 is 0 Å². The summed E-state index contributed by atoms with van der Waals surface area (Å²) >= 11 is 0. The smallest absolute Gasteiger partial charge is 0.214 e. The average Bonchev–Trinajstić information content (AvgIpc) is 2.49. The minimum absolute atomic E-state index is 0.218. The molecule has 1 fully saturated rings. The third-order valence-electron chi connectivity index (χ3n) is 2.28. The molecule has 1 rings (SSSR count). The molecule has 5 heteroatoms. The monoisotopic (exact) mass is 207 g/mol. The van der Waals surface area contributed by atoms with Crippen LogP contribution in [0.3, 0.4) is 0 Å². The van der Waals surface area contributed by atoms with Crippen LogP contribution in [-0.2, 0) is 10.0 Å². The van der Waals surface area contributed by atoms with Crippen LogP contribution in [0.1, 0.15) is 26.2 Å². The number of aliphatic hydroxyl groups is 1. The Labute approximate surface area is 79.6 Å². The summed E-state index contributed by atoms with van der Waals surface area (Å²) in [4.78, 5) is 0. The van der Waals surface area contributed by atoms with Crippen LogP contribution in [0.5, 0.6) is 0 Å². The SMILES string of the molecule is CCCCS(=O)(=O)N1CC[C@H](O)C1. The molecule has 0 aromatic carbocycles. The number of unbranched alkanes of at least 4 members (excludes halogenated alkanes) is 1. The van der Waals surface area contributed by atoms with Gasteiger partial charge in [0.2, 0.25) is 10.0 Å². The quantitative estimate of drug-likeness (QED) is 0.715. The van der Waals surface area contributed by atoms with Crippen LogP contribution in [0.15, 0.2) is 0 Å². The zero-order valence-electron chi connectivity index (χ0n) is 7.94. The van der Waals surface area contributed by atoms with Gasteiger partial charge in [-0.05, 0) is 12.8 Å². The number of β-amino-alcohol motifs (C(OH)–C–C–N with tert-alkyl or cyclic N) is 1. The number of sulfonamides is 1. The largest absolute Gasteiger partial charge is 0.392 e. The third kappa shape index (κ3) is 2.93. The molecule has 0 unspecified atom stereocenters. The van der Waals surface area contributed by atoms with Crippen LogP contribution in [0, 0.1) is 0 Å². The van der Waals surface area contributed by atoms with Crippen molar-refractivity contribution in [3.8, 4) is 0 Å². The number of rotatable bonds is 4. The summed E-state index contributed by atoms with van der Waals surface area (Å²) in [7, 11) is -3.08. The van der Waals surface area contributed by atoms with Crippen molar-refractivity contribution >= 4 is 10.0 Å². The fourth-order valence-corrected chi connectivity index (χ4v) is 3.11. The molecule has 78 valence electrons. The van der Waals surface area contributed by atoms with Crippen LogP contribution in [-0.4, -0.2) is 42.8 Å². The molecule has 0 radical (unpaired) electrons. The van der Waals surface area contributed by atoms with Crippen LogP contribution in [0.4, 0.5) is 0 Å². The van der Waals surface area contributed by atoms with Gasteiger partial charge in [-0.1, -0.05) is 13.3 Å². The topological polar surface area (TPSA) is 57.6 Å². The van der Waals surface area contributed by atoms with Gasteiger partial charge in [0.1, 0.15) is 0 Å². The molecule has 1 aliphatic rings. The van der Waals surface area contributed by atoms with E-state index in [1.807, 2.05) is 6.92 Å². The van der Waals surface area contributed by atoms with Crippen LogP contribution < -0.4 is 0 Å². The normalized spacial score (nSPS) is 25.2. The van der Waals surface area contributed by atoms with E-state index in [2.05, 4.69) is 0 Å². The van der Waals surface area contributed by atoms with Crippen molar-refractivity contribution in [3.63, 3.8) is 0 Å². The summed E-state index contributed by atoms with van der Waals surface area (Å²) in [6.45, 7) is 2.73. The maximum atomic E-state index is 11.6. The molecule has 0 aliphatic carbocycles. The zero-order chi connectivity index (χ0) is 9.90. The lowest BCUT2D eigenvalue weighted by Crippen LogP contribution is -2.31. The zero-order valence-corrected chi connectivity index (χ0v) is 8.76. The van der Waals surface area contributed by atoms with Gasteiger partial charge in [0, 0.05) is 13.1 Å². The predicted octanol–water partition coefficient (Wildman–Crippen LogP) is 0.183. The molecule has 0 aromatic heterocycles. The molecule has 0 bridgehead atoms. The van der Waals surface area contributed by atoms with Crippen molar-refractivity contribution in [1.82, 2.24) is 4.31 Å². The van der Waals surface area contributed by atoms with Crippen LogP contribution in [0.2, 0.25) is 0 Å². The highest BCUT2D eigenvalue weighted by molar-refractivity contribution is 7.89. The molecule has 1 aliphatic heterocycles. The molecule has 1 saturated heterocycles. The second kappa shape index (κ2) is 4.39. The van der Waals surface area contributed by atoms with E-state index >= 15 is 0 Å². The van der Waals surface area contributed by atoms with E-state index in [1.54, 1.807) is 0 Å². The van der Waals surface area contributed by atoms with Gasteiger partial charge in [0.15, 0.2) is 0 Å². The number of aliphatic hydroxyl groups excluding tert-OH is 1. The molecule has 1 N–H and O–H groups in total. The van der Waals surface area contributed by atoms with Gasteiger partial charge in [0.25, 0.3) is 0 Å². The minimum Gasteiger partial charge on any atom is -0.392 e. The summed E-state index contributed by atoms with van der Waals surface area (Å²) in [5, 5.41) is 9.18. The molecule has 0 amide bonds. The Balaban J connectivity index is 2.50. The van der Waals surface area contributed by atoms with Gasteiger partial charge in [-0.25, -0.2) is 8.42 Å². The maximum absolute atomic E-state index is 11.6. The van der Waals surface area contributed by atoms with Crippen molar-refractivity contribution in [2.75, 3.05) is 18.8 Å². The summed E-state index contributed by atoms with van der Waals surface area (Å²) in [6, 6.07) is 0. The maximum Gasteiger partial charge on any atom is 0.214 e. The highest BCUT2D eigenvalue weighted by Gasteiger charge is 2.29. The van der Waals surface area contributed by atoms with Gasteiger partial charge < -0.3 is 5.11 Å². The first-order valence-electron chi connectivity index (χ1n) is 4.72. The highest BCUT2D eigenvalue weighted by Crippen LogP contribution is 2.14. The van der Waals surface area contributed by atoms with Gasteiger partial charge >= 0.3 is 0 Å². The van der Waals surface area contributed by atoms with Crippen molar-refractivity contribution in [2.45, 2.75) is 32.3 Å². The first kappa shape index (κ1) is 10.9. The molecule has 4 nitrogen and oxygen atoms in total. The summed E-state index contributed by atoms with van der Waals surface area (Å²) in [5.74, 6) is 0.218. The average molecular weight is 207 g/mol. The Morgan fingerprint density at radius 2 is 2.23 bits per heavy atom. The number of nitrogens with zero attached hydrogens (tertiary/aromatic N) is 1. The van der Waals surface area contributed by atoms with Crippen LogP contribution in [0.25, 0.3) is 0 Å². The van der Waals surface area contributed by atoms with E-state index in [0.29, 0.717) is 19.4 Å². The Morgan fingerprint density at radius 1 is 1.54 bits per heavy atom. The molecule has 0 aromatic rings. The van der Waals surface area contributed by atoms with E-state index in [0.717, 1.165) is 6.42 Å². The standard InChI is InChI=1S/C8H17NO3S/c1-2-3-6-13(11,12)9-5-4-8(10)7-9/h8,10H,2-7H2,1H3/t8-/m0/s1. The Kier molecular flexibility index (Phi) is 3.70. The van der Waals surface area contributed by atoms with Gasteiger partial charge in [0.05, 0.1) is 11.9 Å². The number of hydrogen-bond acceptors (Lipinski definition) is 3. The molecule has 13 heavy (non-hydrogen) atoms. The van der Waals surface area contributed by atoms with Crippen molar-refractivity contribution in [1.29, 1.82) is 0 Å². The molecular formula is C8H17NO3S. The van der Waals surface area contributed by atoms with Gasteiger partial charge in [-0.15, -0.1) is 0 Å². The minimum atomic E-state index is -3.08. The lowest BCUT2D eigenvalue weighted by Gasteiger charge is -2.14. The Hall–Kier alpha value is -0.130. The predicted molar refractivity (Wildman–Crippen MR) is 50.9 cm³/mol. The highest BCUT2D eigenvalue weighted by atomic mass is 32.2. The Morgan fingerprint density at radius 3 is 2.69 bits per heavy atom. The van der Waals surface area contributed by atoms with Crippen molar-refractivity contribution < 1.29 is 13.5 Å². The Bertz CT molecular complexity index is 250.